The molecule has 0 aliphatic carbocycles. The molecular formula is C13H11FN4. The van der Waals surface area contributed by atoms with Crippen LogP contribution < -0.4 is 11.1 Å². The molecule has 2 aromatic heterocycles. The fourth-order valence-corrected chi connectivity index (χ4v) is 1.47. The number of anilines is 3. The maximum Gasteiger partial charge on any atom is 0.166 e. The number of hydrogen-bond acceptors (Lipinski definition) is 4. The number of aryl methyl sites for hydroxylation is 1. The lowest BCUT2D eigenvalue weighted by Gasteiger charge is -2.09. The molecular weight excluding hydrogens is 231 g/mol. The second-order valence-corrected chi connectivity index (χ2v) is 3.77. The number of nitrogens with one attached hydrogen (secondary N) is 1. The molecule has 0 saturated heterocycles. The smallest absolute Gasteiger partial charge is 0.166 e. The Hall–Kier alpha value is -2.61. The number of hydrogen-bond donors (Lipinski definition) is 2. The van der Waals surface area contributed by atoms with Gasteiger partial charge in [0.1, 0.15) is 5.82 Å². The zero-order chi connectivity index (χ0) is 13.1. The van der Waals surface area contributed by atoms with Crippen molar-refractivity contribution in [3.05, 3.63) is 41.5 Å². The van der Waals surface area contributed by atoms with Crippen LogP contribution in [0.15, 0.2) is 24.5 Å². The highest BCUT2D eigenvalue weighted by molar-refractivity contribution is 5.65. The topological polar surface area (TPSA) is 63.8 Å². The van der Waals surface area contributed by atoms with Crippen molar-refractivity contribution in [1.82, 2.24) is 9.97 Å². The van der Waals surface area contributed by atoms with Crippen molar-refractivity contribution in [1.29, 1.82) is 0 Å². The van der Waals surface area contributed by atoms with Gasteiger partial charge < -0.3 is 11.1 Å². The summed E-state index contributed by atoms with van der Waals surface area (Å²) in [6.45, 7) is 1.91. The molecule has 90 valence electrons. The van der Waals surface area contributed by atoms with Crippen molar-refractivity contribution >= 4 is 17.3 Å². The van der Waals surface area contributed by atoms with E-state index in [0.717, 1.165) is 5.56 Å². The predicted molar refractivity (Wildman–Crippen MR) is 68.8 cm³/mol. The molecule has 5 heteroatoms. The van der Waals surface area contributed by atoms with Gasteiger partial charge in [-0.15, -0.1) is 6.42 Å². The Labute approximate surface area is 104 Å². The Morgan fingerprint density at radius 2 is 2.17 bits per heavy atom. The van der Waals surface area contributed by atoms with Crippen LogP contribution in [0.3, 0.4) is 0 Å². The molecule has 4 nitrogen and oxygen atoms in total. The van der Waals surface area contributed by atoms with E-state index in [-0.39, 0.29) is 5.82 Å². The van der Waals surface area contributed by atoms with Crippen LogP contribution in [0.1, 0.15) is 11.1 Å². The van der Waals surface area contributed by atoms with Gasteiger partial charge in [-0.05, 0) is 24.6 Å². The van der Waals surface area contributed by atoms with Gasteiger partial charge >= 0.3 is 0 Å². The molecule has 2 rings (SSSR count). The average molecular weight is 242 g/mol. The first kappa shape index (κ1) is 11.9. The van der Waals surface area contributed by atoms with Crippen LogP contribution in [0.5, 0.6) is 0 Å². The van der Waals surface area contributed by atoms with Crippen molar-refractivity contribution in [2.75, 3.05) is 11.1 Å². The molecule has 2 heterocycles. The average Bonchev–Trinajstić information content (AvgIpc) is 2.33. The zero-order valence-electron chi connectivity index (χ0n) is 9.74. The molecule has 0 spiro atoms. The normalized spacial score (nSPS) is 9.83. The second kappa shape index (κ2) is 4.72. The van der Waals surface area contributed by atoms with Gasteiger partial charge in [0.15, 0.2) is 11.6 Å². The molecule has 0 unspecified atom stereocenters. The molecule has 18 heavy (non-hydrogen) atoms. The molecule has 2 aromatic rings. The maximum atomic E-state index is 13.2. The Kier molecular flexibility index (Phi) is 3.11. The molecule has 0 amide bonds. The number of nitrogen functional groups attached to an aromatic ring is 1. The lowest BCUT2D eigenvalue weighted by atomic mass is 10.2. The number of rotatable bonds is 2. The van der Waals surface area contributed by atoms with Crippen LogP contribution in [-0.4, -0.2) is 9.97 Å². The second-order valence-electron chi connectivity index (χ2n) is 3.77. The van der Waals surface area contributed by atoms with Gasteiger partial charge in [-0.3, -0.25) is 4.98 Å². The number of nitrogens with two attached hydrogens (primary N) is 1. The number of halogens is 1. The Morgan fingerprint density at radius 3 is 2.83 bits per heavy atom. The number of nitrogens with zero attached hydrogens (tertiary/aromatic N) is 2. The number of pyridine rings is 2. The van der Waals surface area contributed by atoms with Gasteiger partial charge in [-0.2, -0.15) is 0 Å². The highest BCUT2D eigenvalue weighted by Crippen LogP contribution is 2.21. The van der Waals surface area contributed by atoms with Crippen molar-refractivity contribution in [2.45, 2.75) is 6.92 Å². The van der Waals surface area contributed by atoms with Gasteiger partial charge in [-0.1, -0.05) is 5.92 Å². The molecule has 0 aliphatic rings. The summed E-state index contributed by atoms with van der Waals surface area (Å²) in [7, 11) is 0. The Bertz CT molecular complexity index is 631. The van der Waals surface area contributed by atoms with Crippen LogP contribution in [0.25, 0.3) is 0 Å². The van der Waals surface area contributed by atoms with Crippen LogP contribution in [0.4, 0.5) is 21.7 Å². The third kappa shape index (κ3) is 2.38. The van der Waals surface area contributed by atoms with Crippen molar-refractivity contribution in [3.63, 3.8) is 0 Å². The lowest BCUT2D eigenvalue weighted by molar-refractivity contribution is 0.627. The van der Waals surface area contributed by atoms with E-state index in [1.807, 2.05) is 13.0 Å². The fraction of sp³-hybridized carbons (Fsp3) is 0.0769. The zero-order valence-corrected chi connectivity index (χ0v) is 9.74. The van der Waals surface area contributed by atoms with Crippen LogP contribution in [-0.2, 0) is 0 Å². The van der Waals surface area contributed by atoms with Gasteiger partial charge in [0.2, 0.25) is 0 Å². The first-order valence-electron chi connectivity index (χ1n) is 5.21. The van der Waals surface area contributed by atoms with Crippen molar-refractivity contribution < 1.29 is 4.39 Å². The van der Waals surface area contributed by atoms with E-state index in [1.165, 1.54) is 6.07 Å². The molecule has 0 fully saturated rings. The summed E-state index contributed by atoms with van der Waals surface area (Å²) in [4.78, 5) is 7.92. The Balaban J connectivity index is 2.40. The minimum Gasteiger partial charge on any atom is -0.381 e. The highest BCUT2D eigenvalue weighted by atomic mass is 19.1. The third-order valence-corrected chi connectivity index (χ3v) is 2.30. The largest absolute Gasteiger partial charge is 0.381 e. The first-order valence-corrected chi connectivity index (χ1v) is 5.21. The summed E-state index contributed by atoms with van der Waals surface area (Å²) in [6.07, 6.45) is 8.64. The summed E-state index contributed by atoms with van der Waals surface area (Å²) in [5, 5.41) is 2.97. The van der Waals surface area contributed by atoms with E-state index in [1.54, 1.807) is 12.4 Å². The molecule has 0 radical (unpaired) electrons. The van der Waals surface area contributed by atoms with E-state index in [9.17, 15) is 4.39 Å². The van der Waals surface area contributed by atoms with E-state index in [2.05, 4.69) is 21.2 Å². The van der Waals surface area contributed by atoms with Crippen LogP contribution >= 0.6 is 0 Å². The molecule has 0 atom stereocenters. The third-order valence-electron chi connectivity index (χ3n) is 2.30. The fourth-order valence-electron chi connectivity index (χ4n) is 1.47. The van der Waals surface area contributed by atoms with Gasteiger partial charge in [0, 0.05) is 6.20 Å². The molecule has 0 aliphatic heterocycles. The van der Waals surface area contributed by atoms with Crippen molar-refractivity contribution in [2.24, 2.45) is 0 Å². The maximum absolute atomic E-state index is 13.2. The SMILES string of the molecule is C#Cc1cc(F)c(N)nc1Nc1cncc(C)c1. The summed E-state index contributed by atoms with van der Waals surface area (Å²) < 4.78 is 13.2. The van der Waals surface area contributed by atoms with Crippen LogP contribution in [0, 0.1) is 25.1 Å². The summed E-state index contributed by atoms with van der Waals surface area (Å²) >= 11 is 0. The van der Waals surface area contributed by atoms with Gasteiger partial charge in [-0.25, -0.2) is 9.37 Å². The Morgan fingerprint density at radius 1 is 1.39 bits per heavy atom. The van der Waals surface area contributed by atoms with Crippen LogP contribution in [0.2, 0.25) is 0 Å². The summed E-state index contributed by atoms with van der Waals surface area (Å²) in [5.41, 5.74) is 7.42. The molecule has 0 saturated carbocycles. The standard InChI is InChI=1S/C13H11FN4/c1-3-9-5-11(14)12(15)18-13(9)17-10-4-8(2)6-16-7-10/h1,4-7H,2H3,(H3,15,17,18). The number of terminal acetylenes is 1. The summed E-state index contributed by atoms with van der Waals surface area (Å²) in [5.74, 6) is 1.87. The lowest BCUT2D eigenvalue weighted by Crippen LogP contribution is -2.03. The highest BCUT2D eigenvalue weighted by Gasteiger charge is 2.08. The molecule has 0 aromatic carbocycles. The quantitative estimate of drug-likeness (QED) is 0.793. The first-order chi connectivity index (χ1) is 8.60. The monoisotopic (exact) mass is 242 g/mol. The van der Waals surface area contributed by atoms with E-state index >= 15 is 0 Å². The number of aromatic nitrogens is 2. The predicted octanol–water partition coefficient (Wildman–Crippen LogP) is 2.23. The molecule has 0 bridgehead atoms. The van der Waals surface area contributed by atoms with E-state index in [0.29, 0.717) is 17.1 Å². The van der Waals surface area contributed by atoms with Gasteiger partial charge in [0.25, 0.3) is 0 Å². The van der Waals surface area contributed by atoms with E-state index < -0.39 is 5.82 Å². The minimum absolute atomic E-state index is 0.197. The van der Waals surface area contributed by atoms with Crippen molar-refractivity contribution in [3.8, 4) is 12.3 Å². The minimum atomic E-state index is -0.629. The summed E-state index contributed by atoms with van der Waals surface area (Å²) in [6, 6.07) is 3.04. The van der Waals surface area contributed by atoms with E-state index in [4.69, 9.17) is 12.2 Å². The van der Waals surface area contributed by atoms with Gasteiger partial charge in [0.05, 0.1) is 17.4 Å². The molecule has 3 N–H and O–H groups in total.